The van der Waals surface area contributed by atoms with E-state index in [4.69, 9.17) is 39.5 Å². The molecule has 0 saturated carbocycles. The second-order valence-corrected chi connectivity index (χ2v) is 9.11. The van der Waals surface area contributed by atoms with Gasteiger partial charge in [-0.3, -0.25) is 4.79 Å². The summed E-state index contributed by atoms with van der Waals surface area (Å²) in [6.45, 7) is 3.30. The number of alkyl halides is 3. The fourth-order valence-corrected chi connectivity index (χ4v) is 4.30. The third-order valence-corrected chi connectivity index (χ3v) is 5.68. The minimum Gasteiger partial charge on any atom is -0.370 e. The second kappa shape index (κ2) is 8.94. The summed E-state index contributed by atoms with van der Waals surface area (Å²) in [6.07, 6.45) is 3.99. The van der Waals surface area contributed by atoms with Crippen LogP contribution in [0.25, 0.3) is 0 Å². The Labute approximate surface area is 169 Å². The van der Waals surface area contributed by atoms with Gasteiger partial charge in [0.25, 0.3) is 5.91 Å². The molecule has 4 nitrogen and oxygen atoms in total. The lowest BCUT2D eigenvalue weighted by molar-refractivity contribution is -0.872. The molecule has 1 aliphatic carbocycles. The Balaban J connectivity index is 1.90. The van der Waals surface area contributed by atoms with E-state index in [9.17, 15) is 4.79 Å². The molecule has 1 aliphatic heterocycles. The molecule has 1 atom stereocenters. The highest BCUT2D eigenvalue weighted by Gasteiger charge is 2.41. The molecule has 1 saturated heterocycles. The number of benzene rings is 1. The van der Waals surface area contributed by atoms with Crippen LogP contribution in [0.4, 0.5) is 0 Å². The molecule has 2 aliphatic rings. The summed E-state index contributed by atoms with van der Waals surface area (Å²) in [5.74, 6) is -0.226. The van der Waals surface area contributed by atoms with Crippen LogP contribution in [0.5, 0.6) is 0 Å². The van der Waals surface area contributed by atoms with E-state index in [1.807, 2.05) is 18.2 Å². The van der Waals surface area contributed by atoms with Crippen LogP contribution in [0.3, 0.4) is 0 Å². The fourth-order valence-electron chi connectivity index (χ4n) is 3.74. The maximum Gasteiger partial charge on any atom is 0.251 e. The standard InChI is InChI=1S/C19H23Cl3N2O2/c20-19(21,22)17(23-18(25)14-6-2-1-3-7-14)15-8-4-5-9-16(15)24-10-12-26-13-11-24/h1-3,6-7,17H,4-5,8-13H2,(H,23,25)/p+1/t17-/m0/s1. The molecule has 0 unspecified atom stereocenters. The number of nitrogens with one attached hydrogen (secondary N) is 2. The van der Waals surface area contributed by atoms with E-state index in [0.717, 1.165) is 57.6 Å². The molecule has 1 heterocycles. The van der Waals surface area contributed by atoms with E-state index in [-0.39, 0.29) is 5.91 Å². The summed E-state index contributed by atoms with van der Waals surface area (Å²) in [6, 6.07) is 8.39. The lowest BCUT2D eigenvalue weighted by Gasteiger charge is -2.35. The van der Waals surface area contributed by atoms with Crippen molar-refractivity contribution in [1.29, 1.82) is 0 Å². The van der Waals surface area contributed by atoms with Gasteiger partial charge in [-0.15, -0.1) is 0 Å². The third kappa shape index (κ3) is 4.93. The Morgan fingerprint density at radius 2 is 1.73 bits per heavy atom. The van der Waals surface area contributed by atoms with Gasteiger partial charge in [0, 0.05) is 17.6 Å². The van der Waals surface area contributed by atoms with Crippen LogP contribution in [-0.4, -0.2) is 42.0 Å². The molecular weight excluding hydrogens is 395 g/mol. The van der Waals surface area contributed by atoms with Crippen molar-refractivity contribution < 1.29 is 14.4 Å². The highest BCUT2D eigenvalue weighted by molar-refractivity contribution is 6.68. The lowest BCUT2D eigenvalue weighted by atomic mass is 9.90. The Kier molecular flexibility index (Phi) is 6.87. The number of carbonyl (C=O) groups excluding carboxylic acids is 1. The monoisotopic (exact) mass is 417 g/mol. The van der Waals surface area contributed by atoms with Crippen LogP contribution in [0.15, 0.2) is 41.6 Å². The number of hydrogen-bond donors (Lipinski definition) is 2. The third-order valence-electron chi connectivity index (χ3n) is 5.02. The molecule has 0 radical (unpaired) electrons. The number of rotatable bonds is 4. The summed E-state index contributed by atoms with van der Waals surface area (Å²) in [7, 11) is 0. The number of quaternary nitrogens is 1. The van der Waals surface area contributed by atoms with Crippen molar-refractivity contribution in [2.45, 2.75) is 35.5 Å². The summed E-state index contributed by atoms with van der Waals surface area (Å²) in [5.41, 5.74) is 2.91. The Bertz CT molecular complexity index is 652. The molecule has 1 fully saturated rings. The van der Waals surface area contributed by atoms with Gasteiger partial charge in [0.15, 0.2) is 0 Å². The van der Waals surface area contributed by atoms with Crippen molar-refractivity contribution in [3.05, 3.63) is 47.2 Å². The topological polar surface area (TPSA) is 42.8 Å². The molecular formula is C19H24Cl3N2O2+. The van der Waals surface area contributed by atoms with Gasteiger partial charge >= 0.3 is 0 Å². The van der Waals surface area contributed by atoms with E-state index in [2.05, 4.69) is 5.32 Å². The number of hydrogen-bond acceptors (Lipinski definition) is 2. The maximum atomic E-state index is 12.7. The first-order valence-corrected chi connectivity index (χ1v) is 10.2. The van der Waals surface area contributed by atoms with Gasteiger partial charge in [-0.2, -0.15) is 0 Å². The van der Waals surface area contributed by atoms with Gasteiger partial charge in [0.1, 0.15) is 24.8 Å². The van der Waals surface area contributed by atoms with E-state index in [1.54, 1.807) is 12.1 Å². The van der Waals surface area contributed by atoms with Crippen LogP contribution in [-0.2, 0) is 4.74 Å². The van der Waals surface area contributed by atoms with E-state index in [0.29, 0.717) is 5.56 Å². The normalized spacial score (nSPS) is 20.7. The molecule has 142 valence electrons. The van der Waals surface area contributed by atoms with Crippen molar-refractivity contribution >= 4 is 40.7 Å². The van der Waals surface area contributed by atoms with E-state index in [1.165, 1.54) is 10.6 Å². The minimum atomic E-state index is -1.60. The molecule has 26 heavy (non-hydrogen) atoms. The Morgan fingerprint density at radius 1 is 1.08 bits per heavy atom. The van der Waals surface area contributed by atoms with Crippen LogP contribution in [0, 0.1) is 0 Å². The molecule has 0 bridgehead atoms. The van der Waals surface area contributed by atoms with Gasteiger partial charge in [0.05, 0.1) is 13.2 Å². The van der Waals surface area contributed by atoms with Gasteiger partial charge in [-0.05, 0) is 31.4 Å². The zero-order valence-corrected chi connectivity index (χ0v) is 16.8. The molecule has 0 spiro atoms. The second-order valence-electron chi connectivity index (χ2n) is 6.74. The number of carbonyl (C=O) groups is 1. The number of ether oxygens (including phenoxy) is 1. The zero-order chi connectivity index (χ0) is 18.6. The summed E-state index contributed by atoms with van der Waals surface area (Å²) in [5, 5.41) is 2.97. The summed E-state index contributed by atoms with van der Waals surface area (Å²) in [4.78, 5) is 14.1. The number of amides is 1. The van der Waals surface area contributed by atoms with Gasteiger partial charge < -0.3 is 15.0 Å². The Hall–Kier alpha value is -0.780. The molecule has 2 N–H and O–H groups in total. The molecule has 1 amide bonds. The van der Waals surface area contributed by atoms with Crippen LogP contribution in [0.2, 0.25) is 0 Å². The molecule has 0 aromatic heterocycles. The highest BCUT2D eigenvalue weighted by Crippen LogP contribution is 2.38. The number of morpholine rings is 1. The van der Waals surface area contributed by atoms with E-state index < -0.39 is 9.83 Å². The number of allylic oxidation sites excluding steroid dienone is 1. The highest BCUT2D eigenvalue weighted by atomic mass is 35.6. The van der Waals surface area contributed by atoms with Crippen molar-refractivity contribution in [2.75, 3.05) is 26.3 Å². The summed E-state index contributed by atoms with van der Waals surface area (Å²) < 4.78 is 3.88. The predicted octanol–water partition coefficient (Wildman–Crippen LogP) is 2.90. The molecule has 1 aromatic rings. The molecule has 1 aromatic carbocycles. The summed E-state index contributed by atoms with van der Waals surface area (Å²) >= 11 is 18.9. The SMILES string of the molecule is O=C(N[C@@H](C1=C([NH+]2CCOCC2)CCCC1)C(Cl)(Cl)Cl)c1ccccc1. The first-order valence-electron chi connectivity index (χ1n) is 9.04. The fraction of sp³-hybridized carbons (Fsp3) is 0.526. The van der Waals surface area contributed by atoms with Crippen LogP contribution < -0.4 is 10.2 Å². The van der Waals surface area contributed by atoms with Crippen LogP contribution in [0.1, 0.15) is 36.0 Å². The van der Waals surface area contributed by atoms with Crippen molar-refractivity contribution in [3.63, 3.8) is 0 Å². The van der Waals surface area contributed by atoms with Gasteiger partial charge in [-0.1, -0.05) is 53.0 Å². The number of halogens is 3. The molecule has 7 heteroatoms. The lowest BCUT2D eigenvalue weighted by Crippen LogP contribution is -3.12. The van der Waals surface area contributed by atoms with Crippen molar-refractivity contribution in [2.24, 2.45) is 0 Å². The van der Waals surface area contributed by atoms with Crippen LogP contribution >= 0.6 is 34.8 Å². The van der Waals surface area contributed by atoms with Gasteiger partial charge in [0.2, 0.25) is 3.79 Å². The van der Waals surface area contributed by atoms with Gasteiger partial charge in [-0.25, -0.2) is 0 Å². The smallest absolute Gasteiger partial charge is 0.251 e. The van der Waals surface area contributed by atoms with Crippen molar-refractivity contribution in [1.82, 2.24) is 5.32 Å². The predicted molar refractivity (Wildman–Crippen MR) is 105 cm³/mol. The Morgan fingerprint density at radius 3 is 2.38 bits per heavy atom. The zero-order valence-electron chi connectivity index (χ0n) is 14.6. The molecule has 3 rings (SSSR count). The average molecular weight is 419 g/mol. The first-order chi connectivity index (χ1) is 12.5. The quantitative estimate of drug-likeness (QED) is 0.738. The maximum absolute atomic E-state index is 12.7. The van der Waals surface area contributed by atoms with E-state index >= 15 is 0 Å². The first kappa shape index (κ1) is 20.0. The minimum absolute atomic E-state index is 0.226. The largest absolute Gasteiger partial charge is 0.370 e. The average Bonchev–Trinajstić information content (AvgIpc) is 2.66. The van der Waals surface area contributed by atoms with Crippen molar-refractivity contribution in [3.8, 4) is 0 Å².